The van der Waals surface area contributed by atoms with E-state index in [0.717, 1.165) is 0 Å². The van der Waals surface area contributed by atoms with Gasteiger partial charge in [0.05, 0.1) is 0 Å². The van der Waals surface area contributed by atoms with Crippen molar-refractivity contribution in [3.05, 3.63) is 38.0 Å². The third-order valence-corrected chi connectivity index (χ3v) is 7.51. The van der Waals surface area contributed by atoms with Crippen molar-refractivity contribution in [3.8, 4) is 5.88 Å². The van der Waals surface area contributed by atoms with Crippen molar-refractivity contribution in [1.29, 1.82) is 0 Å². The lowest BCUT2D eigenvalue weighted by Gasteiger charge is -2.31. The van der Waals surface area contributed by atoms with Gasteiger partial charge in [-0.2, -0.15) is 4.57 Å². The Morgan fingerprint density at radius 3 is 2.11 bits per heavy atom. The highest BCUT2D eigenvalue weighted by Gasteiger charge is 2.78. The van der Waals surface area contributed by atoms with Gasteiger partial charge < -0.3 is 13.6 Å². The molecule has 0 aromatic carbocycles. The highest BCUT2D eigenvalue weighted by Crippen LogP contribution is 2.82. The maximum Gasteiger partial charge on any atom is 0.688 e. The molecule has 7 bridgehead atoms. The molecule has 8 aliphatic rings. The molecule has 6 saturated heterocycles. The minimum atomic E-state index is -4.33. The van der Waals surface area contributed by atoms with Crippen LogP contribution in [-0.2, 0) is 46.8 Å². The van der Waals surface area contributed by atoms with Crippen LogP contribution in [0.15, 0.2) is 21.2 Å². The summed E-state index contributed by atoms with van der Waals surface area (Å²) in [6.07, 6.45) is 0. The molecule has 1 aromatic heterocycles. The summed E-state index contributed by atoms with van der Waals surface area (Å²) in [4.78, 5) is 24.7. The van der Waals surface area contributed by atoms with Crippen LogP contribution in [-0.4, -0.2) is 14.7 Å². The van der Waals surface area contributed by atoms with E-state index in [-0.39, 0.29) is 4.73 Å². The lowest BCUT2D eigenvalue weighted by Crippen LogP contribution is -2.51. The molecule has 0 aliphatic carbocycles. The molecule has 8 aliphatic heterocycles. The second kappa shape index (κ2) is 3.69. The summed E-state index contributed by atoms with van der Waals surface area (Å²) in [6, 6.07) is 0. The predicted molar refractivity (Wildman–Crippen MR) is 68.6 cm³/mol. The van der Waals surface area contributed by atoms with Crippen LogP contribution in [0.2, 0.25) is 0 Å². The van der Waals surface area contributed by atoms with Gasteiger partial charge in [0.1, 0.15) is 0 Å². The first-order chi connectivity index (χ1) is 12.6. The fraction of sp³-hybridized carbons (Fsp3) is 0.143. The Morgan fingerprint density at radius 1 is 0.778 bits per heavy atom. The van der Waals surface area contributed by atoms with E-state index in [4.69, 9.17) is 27.2 Å². The van der Waals surface area contributed by atoms with E-state index < -0.39 is 63.6 Å². The van der Waals surface area contributed by atoms with Crippen molar-refractivity contribution in [3.63, 3.8) is 0 Å². The Labute approximate surface area is 143 Å². The van der Waals surface area contributed by atoms with Gasteiger partial charge in [-0.25, -0.2) is 23.0 Å². The summed E-state index contributed by atoms with van der Waals surface area (Å²) in [5.41, 5.74) is -3.04. The highest BCUT2D eigenvalue weighted by molar-refractivity contribution is 7.50. The first-order valence-electron chi connectivity index (χ1n) is 6.72. The summed E-state index contributed by atoms with van der Waals surface area (Å²) >= 11 is 0. The molecule has 9 rings (SSSR count). The summed E-state index contributed by atoms with van der Waals surface area (Å²) in [5.74, 6) is -4.15. The average Bonchev–Trinajstić information content (AvgIpc) is 3.24. The Morgan fingerprint density at radius 2 is 1.44 bits per heavy atom. The molecule has 27 heavy (non-hydrogen) atoms. The molecule has 6 fully saturated rings. The molecule has 17 nitrogen and oxygen atoms in total. The minimum absolute atomic E-state index is 0.0895. The number of nitrogens with zero attached hydrogens (tertiary/aromatic N) is 3. The van der Waals surface area contributed by atoms with Crippen molar-refractivity contribution in [2.45, 2.75) is 5.79 Å². The molecule has 142 valence electrons. The molecule has 1 aromatic rings. The lowest BCUT2D eigenvalue weighted by atomic mass is 10.1. The van der Waals surface area contributed by atoms with Crippen molar-refractivity contribution in [2.75, 3.05) is 0 Å². The van der Waals surface area contributed by atoms with Gasteiger partial charge in [-0.3, -0.25) is 14.0 Å². The van der Waals surface area contributed by atoms with Gasteiger partial charge >= 0.3 is 34.7 Å². The molecule has 20 heteroatoms. The molecule has 0 saturated carbocycles. The smallest absolute Gasteiger partial charge is 0.396 e. The number of rotatable bonds is 1. The molecule has 1 unspecified atom stereocenters. The van der Waals surface area contributed by atoms with E-state index in [0.29, 0.717) is 9.96 Å². The van der Waals surface area contributed by atoms with Gasteiger partial charge in [0.15, 0.2) is 5.56 Å². The summed E-state index contributed by atoms with van der Waals surface area (Å²) in [5, 5.41) is 0.519. The fourth-order valence-electron chi connectivity index (χ4n) is 2.97. The molecule has 0 spiro atoms. The van der Waals surface area contributed by atoms with E-state index in [2.05, 4.69) is 13.9 Å². The van der Waals surface area contributed by atoms with Crippen LogP contribution >= 0.6 is 23.5 Å². The number of aromatic nitrogens is 2. The first-order valence-corrected chi connectivity index (χ1v) is 11.1. The molecule has 0 amide bonds. The minimum Gasteiger partial charge on any atom is -0.396 e. The van der Waals surface area contributed by atoms with E-state index >= 15 is 0 Å². The zero-order valence-corrected chi connectivity index (χ0v) is 14.6. The molecule has 0 radical (unpaired) electrons. The number of hydrogen-bond donors (Lipinski definition) is 0. The average molecular weight is 443 g/mol. The Kier molecular flexibility index (Phi) is 2.02. The molecule has 1 atom stereocenters. The van der Waals surface area contributed by atoms with Crippen molar-refractivity contribution >= 4 is 23.5 Å². The quantitative estimate of drug-likeness (QED) is 0.492. The van der Waals surface area contributed by atoms with Gasteiger partial charge in [0.2, 0.25) is 5.76 Å². The molecule has 9 heterocycles. The summed E-state index contributed by atoms with van der Waals surface area (Å²) in [7, 11) is -12.4. The van der Waals surface area contributed by atoms with Crippen LogP contribution < -0.4 is 25.0 Å². The standard InChI is InChI=1S/C7N3O14P3/c11-3-1(4-9-6(12)8(3)21-26(14,17-4)22-9)7-2(16-25(13,19-7)20-7)5-10-23-27(15,18-5)24-10/b5-2+. The van der Waals surface area contributed by atoms with Crippen molar-refractivity contribution in [1.82, 2.24) is 14.7 Å². The summed E-state index contributed by atoms with van der Waals surface area (Å²) < 4.78 is 80.5. The van der Waals surface area contributed by atoms with Crippen molar-refractivity contribution in [2.24, 2.45) is 0 Å². The van der Waals surface area contributed by atoms with Gasteiger partial charge in [-0.05, 0) is 0 Å². The lowest BCUT2D eigenvalue weighted by molar-refractivity contribution is -0.292. The third-order valence-electron chi connectivity index (χ3n) is 3.92. The second-order valence-corrected chi connectivity index (χ2v) is 9.74. The van der Waals surface area contributed by atoms with Gasteiger partial charge in [0, 0.05) is 0 Å². The zero-order valence-electron chi connectivity index (χ0n) is 11.9. The van der Waals surface area contributed by atoms with Crippen molar-refractivity contribution < 1.29 is 54.8 Å². The highest BCUT2D eigenvalue weighted by atomic mass is 31.2. The monoisotopic (exact) mass is 443 g/mol. The zero-order chi connectivity index (χ0) is 18.6. The largest absolute Gasteiger partial charge is 0.688 e. The van der Waals surface area contributed by atoms with Gasteiger partial charge in [-0.15, -0.1) is 9.25 Å². The number of fused-ring (bicyclic) bond motifs is 4. The first kappa shape index (κ1) is 14.8. The van der Waals surface area contributed by atoms with E-state index in [1.165, 1.54) is 0 Å². The molecule has 0 N–H and O–H groups in total. The van der Waals surface area contributed by atoms with Crippen LogP contribution in [0, 0.1) is 0 Å². The predicted octanol–water partition coefficient (Wildman–Crippen LogP) is -0.795. The SMILES string of the molecule is O=c1c(C23OP(=O)(O/C2=C2/OP4(=O)ON2O4)O3)c2n3c(=O)n1OP(=O)(O2)O3. The maximum absolute atomic E-state index is 12.7. The van der Waals surface area contributed by atoms with E-state index in [9.17, 15) is 23.3 Å². The van der Waals surface area contributed by atoms with Crippen LogP contribution in [0.5, 0.6) is 5.88 Å². The van der Waals surface area contributed by atoms with E-state index in [1.807, 2.05) is 0 Å². The van der Waals surface area contributed by atoms with Gasteiger partial charge in [-0.1, -0.05) is 14.7 Å². The normalized spacial score (nSPS) is 42.4. The topological polar surface area (TPSA) is 182 Å². The number of hydrogen-bond acceptors (Lipinski definition) is 15. The van der Waals surface area contributed by atoms with Crippen LogP contribution in [0.25, 0.3) is 0 Å². The third kappa shape index (κ3) is 1.43. The Balaban J connectivity index is 1.54. The van der Waals surface area contributed by atoms with Gasteiger partial charge in [0.25, 0.3) is 17.6 Å². The van der Waals surface area contributed by atoms with Crippen LogP contribution in [0.4, 0.5) is 0 Å². The maximum atomic E-state index is 12.7. The number of phosphoric acid groups is 3. The van der Waals surface area contributed by atoms with Crippen LogP contribution in [0.1, 0.15) is 5.56 Å². The number of hydroxylamine groups is 2. The van der Waals surface area contributed by atoms with Crippen LogP contribution in [0.3, 0.4) is 0 Å². The molecular formula is C7N3O14P3. The number of phosphoric ester groups is 1. The summed E-state index contributed by atoms with van der Waals surface area (Å²) in [6.45, 7) is 0. The fourth-order valence-corrected chi connectivity index (χ4v) is 6.57. The Bertz CT molecular complexity index is 1300. The Hall–Kier alpha value is -2.25. The second-order valence-electron chi connectivity index (χ2n) is 5.49. The van der Waals surface area contributed by atoms with E-state index in [1.54, 1.807) is 0 Å². The molecular weight excluding hydrogens is 443 g/mol.